The van der Waals surface area contributed by atoms with Crippen LogP contribution < -0.4 is 10.2 Å². The largest absolute Gasteiger partial charge is 0.380 e. The molecule has 1 N–H and O–H groups in total. The number of hydrogen-bond acceptors (Lipinski definition) is 3. The van der Waals surface area contributed by atoms with Crippen LogP contribution in [-0.2, 0) is 11.3 Å². The van der Waals surface area contributed by atoms with Gasteiger partial charge in [-0.05, 0) is 49.6 Å². The number of benzene rings is 1. The average Bonchev–Trinajstić information content (AvgIpc) is 2.48. The fourth-order valence-electron chi connectivity index (χ4n) is 2.75. The van der Waals surface area contributed by atoms with Crippen molar-refractivity contribution in [3.63, 3.8) is 0 Å². The van der Waals surface area contributed by atoms with Crippen LogP contribution in [0.25, 0.3) is 0 Å². The molecule has 1 fully saturated rings. The topological polar surface area (TPSA) is 24.5 Å². The second-order valence-electron chi connectivity index (χ2n) is 5.40. The lowest BCUT2D eigenvalue weighted by Gasteiger charge is -2.35. The molecule has 1 heterocycles. The van der Waals surface area contributed by atoms with Crippen LogP contribution >= 0.6 is 0 Å². The SMILES string of the molecule is CCCNCc1cc(F)ccc1N1CCCC(OC)C1. The summed E-state index contributed by atoms with van der Waals surface area (Å²) in [6.45, 7) is 5.72. The molecule has 2 rings (SSSR count). The van der Waals surface area contributed by atoms with E-state index in [0.29, 0.717) is 0 Å². The molecule has 1 unspecified atom stereocenters. The van der Waals surface area contributed by atoms with Gasteiger partial charge in [-0.2, -0.15) is 0 Å². The molecule has 0 spiro atoms. The zero-order chi connectivity index (χ0) is 14.4. The molecule has 0 aliphatic carbocycles. The Morgan fingerprint density at radius 1 is 1.45 bits per heavy atom. The third-order valence-corrected chi connectivity index (χ3v) is 3.84. The standard InChI is InChI=1S/C16H25FN2O/c1-3-8-18-11-13-10-14(17)6-7-16(13)19-9-4-5-15(12-19)20-2/h6-7,10,15,18H,3-5,8-9,11-12H2,1-2H3. The van der Waals surface area contributed by atoms with Crippen molar-refractivity contribution in [3.8, 4) is 0 Å². The van der Waals surface area contributed by atoms with Gasteiger partial charge in [-0.3, -0.25) is 0 Å². The van der Waals surface area contributed by atoms with Crippen LogP contribution in [0.3, 0.4) is 0 Å². The van der Waals surface area contributed by atoms with Crippen LogP contribution in [0.15, 0.2) is 18.2 Å². The van der Waals surface area contributed by atoms with Crippen LogP contribution in [0.5, 0.6) is 0 Å². The number of methoxy groups -OCH3 is 1. The van der Waals surface area contributed by atoms with Gasteiger partial charge in [-0.1, -0.05) is 6.92 Å². The molecule has 1 aliphatic rings. The van der Waals surface area contributed by atoms with Crippen LogP contribution in [0, 0.1) is 5.82 Å². The van der Waals surface area contributed by atoms with Crippen molar-refractivity contribution in [2.75, 3.05) is 31.6 Å². The third kappa shape index (κ3) is 3.93. The molecule has 1 aromatic carbocycles. The first-order valence-corrected chi connectivity index (χ1v) is 7.51. The lowest BCUT2D eigenvalue weighted by molar-refractivity contribution is 0.0893. The molecule has 0 saturated carbocycles. The maximum Gasteiger partial charge on any atom is 0.123 e. The molecule has 0 aromatic heterocycles. The Morgan fingerprint density at radius 2 is 2.30 bits per heavy atom. The van der Waals surface area contributed by atoms with Crippen molar-refractivity contribution >= 4 is 5.69 Å². The third-order valence-electron chi connectivity index (χ3n) is 3.84. The number of rotatable bonds is 6. The molecule has 1 aliphatic heterocycles. The van der Waals surface area contributed by atoms with Gasteiger partial charge in [0.25, 0.3) is 0 Å². The predicted molar refractivity (Wildman–Crippen MR) is 80.6 cm³/mol. The van der Waals surface area contributed by atoms with Crippen molar-refractivity contribution in [1.29, 1.82) is 0 Å². The first-order chi connectivity index (χ1) is 9.74. The lowest BCUT2D eigenvalue weighted by Crippen LogP contribution is -2.40. The van der Waals surface area contributed by atoms with Crippen molar-refractivity contribution in [3.05, 3.63) is 29.6 Å². The molecule has 112 valence electrons. The Kier molecular flexibility index (Phi) is 5.80. The van der Waals surface area contributed by atoms with E-state index in [1.807, 2.05) is 6.07 Å². The van der Waals surface area contributed by atoms with Crippen molar-refractivity contribution < 1.29 is 9.13 Å². The molecular weight excluding hydrogens is 255 g/mol. The van der Waals surface area contributed by atoms with Crippen molar-refractivity contribution in [2.45, 2.75) is 38.8 Å². The quantitative estimate of drug-likeness (QED) is 0.811. The Hall–Kier alpha value is -1.13. The molecule has 3 nitrogen and oxygen atoms in total. The van der Waals surface area contributed by atoms with Gasteiger partial charge in [0.05, 0.1) is 6.10 Å². The Morgan fingerprint density at radius 3 is 3.05 bits per heavy atom. The number of halogens is 1. The van der Waals surface area contributed by atoms with Crippen molar-refractivity contribution in [1.82, 2.24) is 5.32 Å². The van der Waals surface area contributed by atoms with E-state index >= 15 is 0 Å². The second-order valence-corrected chi connectivity index (χ2v) is 5.40. The summed E-state index contributed by atoms with van der Waals surface area (Å²) in [7, 11) is 1.77. The lowest BCUT2D eigenvalue weighted by atomic mass is 10.0. The van der Waals surface area contributed by atoms with Gasteiger partial charge in [0.1, 0.15) is 5.82 Å². The van der Waals surface area contributed by atoms with Gasteiger partial charge >= 0.3 is 0 Å². The van der Waals surface area contributed by atoms with Crippen LogP contribution in [-0.4, -0.2) is 32.8 Å². The highest BCUT2D eigenvalue weighted by atomic mass is 19.1. The van der Waals surface area contributed by atoms with Gasteiger partial charge in [0, 0.05) is 32.4 Å². The summed E-state index contributed by atoms with van der Waals surface area (Å²) in [6, 6.07) is 5.10. The highest BCUT2D eigenvalue weighted by Crippen LogP contribution is 2.26. The van der Waals surface area contributed by atoms with Gasteiger partial charge in [-0.15, -0.1) is 0 Å². The summed E-state index contributed by atoms with van der Waals surface area (Å²) in [5.41, 5.74) is 2.17. The van der Waals surface area contributed by atoms with Gasteiger partial charge in [-0.25, -0.2) is 4.39 Å². The predicted octanol–water partition coefficient (Wildman–Crippen LogP) is 2.94. The van der Waals surface area contributed by atoms with Gasteiger partial charge < -0.3 is 15.0 Å². The van der Waals surface area contributed by atoms with E-state index in [9.17, 15) is 4.39 Å². The maximum atomic E-state index is 13.5. The van der Waals surface area contributed by atoms with E-state index in [4.69, 9.17) is 4.74 Å². The van der Waals surface area contributed by atoms with E-state index in [2.05, 4.69) is 17.1 Å². The summed E-state index contributed by atoms with van der Waals surface area (Å²) in [4.78, 5) is 2.32. The first-order valence-electron chi connectivity index (χ1n) is 7.51. The maximum absolute atomic E-state index is 13.5. The van der Waals surface area contributed by atoms with Crippen LogP contribution in [0.4, 0.5) is 10.1 Å². The summed E-state index contributed by atoms with van der Waals surface area (Å²) >= 11 is 0. The summed E-state index contributed by atoms with van der Waals surface area (Å²) < 4.78 is 19.0. The molecule has 1 saturated heterocycles. The summed E-state index contributed by atoms with van der Waals surface area (Å²) in [6.07, 6.45) is 3.60. The molecule has 20 heavy (non-hydrogen) atoms. The number of ether oxygens (including phenoxy) is 1. The Balaban J connectivity index is 2.12. The molecule has 0 amide bonds. The number of anilines is 1. The molecule has 4 heteroatoms. The number of nitrogens with one attached hydrogen (secondary N) is 1. The molecule has 1 aromatic rings. The number of nitrogens with zero attached hydrogens (tertiary/aromatic N) is 1. The fourth-order valence-corrected chi connectivity index (χ4v) is 2.75. The first kappa shape index (κ1) is 15.3. The van der Waals surface area contributed by atoms with Gasteiger partial charge in [0.15, 0.2) is 0 Å². The smallest absolute Gasteiger partial charge is 0.123 e. The fraction of sp³-hybridized carbons (Fsp3) is 0.625. The minimum absolute atomic E-state index is 0.164. The Bertz CT molecular complexity index is 425. The average molecular weight is 280 g/mol. The molecule has 0 bridgehead atoms. The summed E-state index contributed by atoms with van der Waals surface area (Å²) in [5.74, 6) is -0.164. The summed E-state index contributed by atoms with van der Waals surface area (Å²) in [5, 5.41) is 3.36. The van der Waals surface area contributed by atoms with E-state index < -0.39 is 0 Å². The zero-order valence-corrected chi connectivity index (χ0v) is 12.5. The number of hydrogen-bond donors (Lipinski definition) is 1. The minimum Gasteiger partial charge on any atom is -0.380 e. The molecule has 0 radical (unpaired) electrons. The normalized spacial score (nSPS) is 19.4. The Labute approximate surface area is 121 Å². The molecular formula is C16H25FN2O. The number of piperidine rings is 1. The zero-order valence-electron chi connectivity index (χ0n) is 12.5. The highest BCUT2D eigenvalue weighted by Gasteiger charge is 2.21. The monoisotopic (exact) mass is 280 g/mol. The van der Waals surface area contributed by atoms with Crippen LogP contribution in [0.2, 0.25) is 0 Å². The van der Waals surface area contributed by atoms with E-state index in [0.717, 1.165) is 56.7 Å². The second kappa shape index (κ2) is 7.60. The minimum atomic E-state index is -0.164. The highest BCUT2D eigenvalue weighted by molar-refractivity contribution is 5.54. The molecule has 1 atom stereocenters. The van der Waals surface area contributed by atoms with E-state index in [-0.39, 0.29) is 11.9 Å². The van der Waals surface area contributed by atoms with E-state index in [1.165, 1.54) is 0 Å². The van der Waals surface area contributed by atoms with E-state index in [1.54, 1.807) is 19.2 Å². The van der Waals surface area contributed by atoms with Gasteiger partial charge in [0.2, 0.25) is 0 Å². The van der Waals surface area contributed by atoms with Crippen LogP contribution in [0.1, 0.15) is 31.7 Å². The van der Waals surface area contributed by atoms with Crippen molar-refractivity contribution in [2.24, 2.45) is 0 Å².